The van der Waals surface area contributed by atoms with Crippen LogP contribution in [0.4, 0.5) is 0 Å². The van der Waals surface area contributed by atoms with Crippen molar-refractivity contribution in [3.8, 4) is 0 Å². The standard InChI is InChI=1S/C39H72O6/c1-4-6-8-22-28-36(40)30-24-18-14-10-12-16-20-26-32-38(42)44-34-35(3)45-39(43)33-27-21-17-13-11-15-19-25-31-37(41)29-23-9-7-5-2/h18-19,24-25,35-37,40-41H,4-17,20-23,26-34H2,1-3H3/t35?,36-,37-/m1/s1. The number of ether oxygens (including phenoxy) is 2. The summed E-state index contributed by atoms with van der Waals surface area (Å²) in [6.07, 6.45) is 34.2. The molecule has 264 valence electrons. The highest BCUT2D eigenvalue weighted by atomic mass is 16.6. The number of hydrogen-bond donors (Lipinski definition) is 2. The molecule has 3 atom stereocenters. The van der Waals surface area contributed by atoms with Crippen molar-refractivity contribution in [2.45, 2.75) is 206 Å². The molecule has 2 N–H and O–H groups in total. The number of rotatable bonds is 33. The lowest BCUT2D eigenvalue weighted by atomic mass is 10.1. The minimum absolute atomic E-state index is 0.119. The number of carbonyl (C=O) groups is 2. The largest absolute Gasteiger partial charge is 0.462 e. The average molecular weight is 637 g/mol. The smallest absolute Gasteiger partial charge is 0.306 e. The fraction of sp³-hybridized carbons (Fsp3) is 0.846. The second-order valence-electron chi connectivity index (χ2n) is 13.0. The summed E-state index contributed by atoms with van der Waals surface area (Å²) in [4.78, 5) is 24.1. The molecule has 6 heteroatoms. The van der Waals surface area contributed by atoms with Crippen molar-refractivity contribution in [3.05, 3.63) is 24.3 Å². The Labute approximate surface area is 277 Å². The van der Waals surface area contributed by atoms with E-state index < -0.39 is 6.10 Å². The van der Waals surface area contributed by atoms with Crippen molar-refractivity contribution < 1.29 is 29.3 Å². The predicted octanol–water partition coefficient (Wildman–Crippen LogP) is 10.5. The van der Waals surface area contributed by atoms with Gasteiger partial charge in [-0.05, 0) is 71.1 Å². The van der Waals surface area contributed by atoms with E-state index in [2.05, 4.69) is 38.2 Å². The van der Waals surface area contributed by atoms with Crippen molar-refractivity contribution in [3.63, 3.8) is 0 Å². The van der Waals surface area contributed by atoms with Crippen molar-refractivity contribution in [1.82, 2.24) is 0 Å². The number of aliphatic hydroxyl groups excluding tert-OH is 2. The quantitative estimate of drug-likeness (QED) is 0.0423. The zero-order valence-electron chi connectivity index (χ0n) is 29.7. The van der Waals surface area contributed by atoms with E-state index in [0.29, 0.717) is 12.8 Å². The van der Waals surface area contributed by atoms with Crippen LogP contribution in [0.15, 0.2) is 24.3 Å². The fourth-order valence-corrected chi connectivity index (χ4v) is 5.32. The van der Waals surface area contributed by atoms with Crippen LogP contribution in [0.1, 0.15) is 188 Å². The lowest BCUT2D eigenvalue weighted by Gasteiger charge is -2.13. The molecule has 0 bridgehead atoms. The first-order valence-electron chi connectivity index (χ1n) is 18.9. The second kappa shape index (κ2) is 33.7. The van der Waals surface area contributed by atoms with Gasteiger partial charge in [-0.1, -0.05) is 128 Å². The van der Waals surface area contributed by atoms with Gasteiger partial charge in [0.15, 0.2) is 0 Å². The van der Waals surface area contributed by atoms with Gasteiger partial charge in [-0.3, -0.25) is 9.59 Å². The van der Waals surface area contributed by atoms with E-state index in [9.17, 15) is 19.8 Å². The Morgan fingerprint density at radius 1 is 0.556 bits per heavy atom. The van der Waals surface area contributed by atoms with Crippen LogP contribution in [-0.2, 0) is 19.1 Å². The van der Waals surface area contributed by atoms with Crippen LogP contribution in [0.3, 0.4) is 0 Å². The van der Waals surface area contributed by atoms with Gasteiger partial charge in [-0.2, -0.15) is 0 Å². The molecule has 0 fully saturated rings. The molecule has 0 aliphatic heterocycles. The monoisotopic (exact) mass is 637 g/mol. The van der Waals surface area contributed by atoms with Crippen LogP contribution >= 0.6 is 0 Å². The van der Waals surface area contributed by atoms with Crippen LogP contribution < -0.4 is 0 Å². The first-order valence-corrected chi connectivity index (χ1v) is 18.9. The molecule has 0 amide bonds. The molecule has 0 aromatic heterocycles. The van der Waals surface area contributed by atoms with Gasteiger partial charge < -0.3 is 19.7 Å². The lowest BCUT2D eigenvalue weighted by molar-refractivity contribution is -0.158. The predicted molar refractivity (Wildman–Crippen MR) is 188 cm³/mol. The summed E-state index contributed by atoms with van der Waals surface area (Å²) in [7, 11) is 0. The van der Waals surface area contributed by atoms with Gasteiger partial charge in [-0.15, -0.1) is 0 Å². The summed E-state index contributed by atoms with van der Waals surface area (Å²) < 4.78 is 10.7. The number of esters is 2. The van der Waals surface area contributed by atoms with E-state index in [-0.39, 0.29) is 30.8 Å². The molecule has 0 saturated carbocycles. The SMILES string of the molecule is CCCCCC[C@@H](O)CC=CCCCCCCCC(=O)OCC(C)OC(=O)CCCCCCCC=CC[C@H](O)CCCCCC. The second-order valence-corrected chi connectivity index (χ2v) is 13.0. The summed E-state index contributed by atoms with van der Waals surface area (Å²) in [6, 6.07) is 0. The highest BCUT2D eigenvalue weighted by Crippen LogP contribution is 2.13. The van der Waals surface area contributed by atoms with Gasteiger partial charge in [0.1, 0.15) is 12.7 Å². The normalized spacial score (nSPS) is 13.8. The third-order valence-corrected chi connectivity index (χ3v) is 8.25. The first kappa shape index (κ1) is 43.3. The number of carbonyl (C=O) groups excluding carboxylic acids is 2. The lowest BCUT2D eigenvalue weighted by Crippen LogP contribution is -2.22. The molecule has 6 nitrogen and oxygen atoms in total. The zero-order valence-corrected chi connectivity index (χ0v) is 29.7. The molecule has 0 spiro atoms. The van der Waals surface area contributed by atoms with Gasteiger partial charge in [-0.25, -0.2) is 0 Å². The summed E-state index contributed by atoms with van der Waals surface area (Å²) >= 11 is 0. The van der Waals surface area contributed by atoms with E-state index in [1.54, 1.807) is 6.92 Å². The van der Waals surface area contributed by atoms with Crippen LogP contribution in [0.5, 0.6) is 0 Å². The number of hydrogen-bond acceptors (Lipinski definition) is 6. The van der Waals surface area contributed by atoms with Gasteiger partial charge in [0.25, 0.3) is 0 Å². The molecule has 1 unspecified atom stereocenters. The van der Waals surface area contributed by atoms with Crippen molar-refractivity contribution in [1.29, 1.82) is 0 Å². The Morgan fingerprint density at radius 3 is 1.47 bits per heavy atom. The maximum Gasteiger partial charge on any atom is 0.306 e. The van der Waals surface area contributed by atoms with Crippen LogP contribution in [-0.4, -0.2) is 47.1 Å². The minimum Gasteiger partial charge on any atom is -0.462 e. The molecule has 0 radical (unpaired) electrons. The van der Waals surface area contributed by atoms with Gasteiger partial charge >= 0.3 is 11.9 Å². The van der Waals surface area contributed by atoms with Crippen LogP contribution in [0.2, 0.25) is 0 Å². The molecule has 0 rings (SSSR count). The van der Waals surface area contributed by atoms with Gasteiger partial charge in [0.05, 0.1) is 12.2 Å². The third kappa shape index (κ3) is 33.5. The van der Waals surface area contributed by atoms with Crippen molar-refractivity contribution >= 4 is 11.9 Å². The Morgan fingerprint density at radius 2 is 0.978 bits per heavy atom. The minimum atomic E-state index is -0.418. The van der Waals surface area contributed by atoms with Gasteiger partial charge in [0.2, 0.25) is 0 Å². The van der Waals surface area contributed by atoms with Crippen LogP contribution in [0, 0.1) is 0 Å². The van der Waals surface area contributed by atoms with E-state index in [1.165, 1.54) is 38.5 Å². The molecule has 45 heavy (non-hydrogen) atoms. The number of unbranched alkanes of at least 4 members (excludes halogenated alkanes) is 16. The van der Waals surface area contributed by atoms with E-state index in [0.717, 1.165) is 116 Å². The summed E-state index contributed by atoms with van der Waals surface area (Å²) in [5.41, 5.74) is 0. The highest BCUT2D eigenvalue weighted by molar-refractivity contribution is 5.70. The third-order valence-electron chi connectivity index (χ3n) is 8.25. The Bertz CT molecular complexity index is 718. The van der Waals surface area contributed by atoms with E-state index in [4.69, 9.17) is 9.47 Å². The van der Waals surface area contributed by atoms with Crippen molar-refractivity contribution in [2.75, 3.05) is 6.61 Å². The molecular formula is C39H72O6. The Kier molecular flexibility index (Phi) is 32.5. The maximum absolute atomic E-state index is 12.1. The van der Waals surface area contributed by atoms with Gasteiger partial charge in [0, 0.05) is 12.8 Å². The molecule has 0 aromatic rings. The first-order chi connectivity index (χ1) is 21.9. The topological polar surface area (TPSA) is 93.1 Å². The van der Waals surface area contributed by atoms with Crippen LogP contribution in [0.25, 0.3) is 0 Å². The highest BCUT2D eigenvalue weighted by Gasteiger charge is 2.12. The number of allylic oxidation sites excluding steroid dienone is 2. The molecular weight excluding hydrogens is 564 g/mol. The molecule has 0 aliphatic rings. The Balaban J connectivity index is 3.56. The summed E-state index contributed by atoms with van der Waals surface area (Å²) in [5.74, 6) is -0.439. The molecule has 0 saturated heterocycles. The summed E-state index contributed by atoms with van der Waals surface area (Å²) in [5, 5.41) is 20.0. The fourth-order valence-electron chi connectivity index (χ4n) is 5.32. The van der Waals surface area contributed by atoms with E-state index >= 15 is 0 Å². The maximum atomic E-state index is 12.1. The Hall–Kier alpha value is -1.66. The number of aliphatic hydroxyl groups is 2. The zero-order chi connectivity index (χ0) is 33.2. The van der Waals surface area contributed by atoms with E-state index in [1.807, 2.05) is 0 Å². The molecule has 0 aromatic carbocycles. The summed E-state index contributed by atoms with van der Waals surface area (Å²) in [6.45, 7) is 6.30. The molecule has 0 heterocycles. The average Bonchev–Trinajstić information content (AvgIpc) is 3.02. The molecule has 0 aliphatic carbocycles. The van der Waals surface area contributed by atoms with Crippen molar-refractivity contribution in [2.24, 2.45) is 0 Å².